The first kappa shape index (κ1) is 15.1. The Morgan fingerprint density at radius 3 is 2.87 bits per heavy atom. The van der Waals surface area contributed by atoms with Crippen LogP contribution in [0.25, 0.3) is 0 Å². The van der Waals surface area contributed by atoms with Gasteiger partial charge in [-0.05, 0) is 32.0 Å². The van der Waals surface area contributed by atoms with Gasteiger partial charge in [0.2, 0.25) is 6.19 Å². The molecule has 0 unspecified atom stereocenters. The van der Waals surface area contributed by atoms with Crippen molar-refractivity contribution >= 4 is 6.02 Å². The molecular formula is C16H16N4O3. The number of nitrogens with zero attached hydrogens (tertiary/aromatic N) is 4. The second kappa shape index (κ2) is 5.45. The Kier molecular flexibility index (Phi) is 3.59. The third-order valence-corrected chi connectivity index (χ3v) is 4.13. The van der Waals surface area contributed by atoms with Crippen LogP contribution in [0.3, 0.4) is 0 Å². The number of hydrogen-bond donors (Lipinski definition) is 1. The maximum atomic E-state index is 10.8. The van der Waals surface area contributed by atoms with Crippen molar-refractivity contribution in [3.63, 3.8) is 0 Å². The van der Waals surface area contributed by atoms with Gasteiger partial charge in [0.15, 0.2) is 0 Å². The maximum Gasteiger partial charge on any atom is 0.303 e. The molecule has 0 radical (unpaired) electrons. The molecule has 0 saturated carbocycles. The summed E-state index contributed by atoms with van der Waals surface area (Å²) in [7, 11) is 0. The van der Waals surface area contributed by atoms with Gasteiger partial charge in [0, 0.05) is 5.56 Å². The molecule has 0 bridgehead atoms. The van der Waals surface area contributed by atoms with Crippen LogP contribution in [0, 0.1) is 22.8 Å². The lowest BCUT2D eigenvalue weighted by Gasteiger charge is -2.45. The standard InChI is InChI=1S/C16H16N4O3/c1-16(2)14(21)13(20-5-6-22-15(20)19-9-18)11-7-10(8-17)3-4-12(11)23-16/h3-4,7,13-14,21H,5-6H2,1-2H3/t13-,14+/m0/s1. The summed E-state index contributed by atoms with van der Waals surface area (Å²) in [5, 5.41) is 28.8. The molecule has 118 valence electrons. The summed E-state index contributed by atoms with van der Waals surface area (Å²) in [6.45, 7) is 4.47. The molecule has 1 aromatic rings. The summed E-state index contributed by atoms with van der Waals surface area (Å²) in [4.78, 5) is 5.44. The van der Waals surface area contributed by atoms with E-state index in [1.165, 1.54) is 0 Å². The van der Waals surface area contributed by atoms with Crippen molar-refractivity contribution in [3.8, 4) is 18.0 Å². The van der Waals surface area contributed by atoms with Crippen molar-refractivity contribution in [2.45, 2.75) is 31.6 Å². The summed E-state index contributed by atoms with van der Waals surface area (Å²) < 4.78 is 11.3. The number of benzene rings is 1. The molecule has 2 atom stereocenters. The van der Waals surface area contributed by atoms with Gasteiger partial charge in [-0.25, -0.2) is 0 Å². The number of rotatable bonds is 1. The minimum absolute atomic E-state index is 0.183. The fraction of sp³-hybridized carbons (Fsp3) is 0.438. The van der Waals surface area contributed by atoms with Crippen molar-refractivity contribution in [1.82, 2.24) is 4.90 Å². The lowest BCUT2D eigenvalue weighted by Crippen LogP contribution is -2.54. The molecule has 1 aromatic carbocycles. The topological polar surface area (TPSA) is 102 Å². The van der Waals surface area contributed by atoms with E-state index in [0.29, 0.717) is 30.0 Å². The van der Waals surface area contributed by atoms with Gasteiger partial charge >= 0.3 is 6.02 Å². The zero-order chi connectivity index (χ0) is 16.6. The molecule has 0 aromatic heterocycles. The van der Waals surface area contributed by atoms with Crippen molar-refractivity contribution in [1.29, 1.82) is 10.5 Å². The molecule has 0 aliphatic carbocycles. The van der Waals surface area contributed by atoms with Crippen LogP contribution >= 0.6 is 0 Å². The molecule has 7 nitrogen and oxygen atoms in total. The number of aliphatic imine (C=N–C) groups is 1. The van der Waals surface area contributed by atoms with Gasteiger partial charge in [-0.2, -0.15) is 10.5 Å². The molecule has 3 rings (SSSR count). The number of ether oxygens (including phenoxy) is 2. The molecule has 2 aliphatic heterocycles. The predicted octanol–water partition coefficient (Wildman–Crippen LogP) is 1.30. The van der Waals surface area contributed by atoms with Crippen LogP contribution in [0.15, 0.2) is 23.2 Å². The van der Waals surface area contributed by atoms with Crippen molar-refractivity contribution in [2.75, 3.05) is 13.2 Å². The van der Waals surface area contributed by atoms with Gasteiger partial charge in [-0.1, -0.05) is 0 Å². The third-order valence-electron chi connectivity index (χ3n) is 4.13. The van der Waals surface area contributed by atoms with E-state index in [1.54, 1.807) is 43.1 Å². The third kappa shape index (κ3) is 2.45. The summed E-state index contributed by atoms with van der Waals surface area (Å²) in [6.07, 6.45) is 0.837. The Morgan fingerprint density at radius 2 is 2.17 bits per heavy atom. The lowest BCUT2D eigenvalue weighted by molar-refractivity contribution is -0.0803. The van der Waals surface area contributed by atoms with Crippen LogP contribution in [-0.2, 0) is 4.74 Å². The summed E-state index contributed by atoms with van der Waals surface area (Å²) in [5.41, 5.74) is 0.335. The van der Waals surface area contributed by atoms with Crippen LogP contribution in [0.2, 0.25) is 0 Å². The lowest BCUT2D eigenvalue weighted by atomic mass is 9.85. The van der Waals surface area contributed by atoms with E-state index in [2.05, 4.69) is 11.1 Å². The monoisotopic (exact) mass is 312 g/mol. The van der Waals surface area contributed by atoms with Crippen LogP contribution in [0.1, 0.15) is 31.0 Å². The highest BCUT2D eigenvalue weighted by molar-refractivity contribution is 5.77. The summed E-state index contributed by atoms with van der Waals surface area (Å²) in [6, 6.07) is 6.87. The summed E-state index contributed by atoms with van der Waals surface area (Å²) >= 11 is 0. The fourth-order valence-corrected chi connectivity index (χ4v) is 2.99. The molecule has 7 heteroatoms. The van der Waals surface area contributed by atoms with Gasteiger partial charge in [0.1, 0.15) is 24.1 Å². The zero-order valence-corrected chi connectivity index (χ0v) is 12.9. The molecule has 1 N–H and O–H groups in total. The van der Waals surface area contributed by atoms with Gasteiger partial charge in [-0.3, -0.25) is 0 Å². The molecule has 2 aliphatic rings. The Morgan fingerprint density at radius 1 is 1.39 bits per heavy atom. The fourth-order valence-electron chi connectivity index (χ4n) is 2.99. The van der Waals surface area contributed by atoms with E-state index < -0.39 is 17.7 Å². The molecule has 0 spiro atoms. The second-order valence-electron chi connectivity index (χ2n) is 6.00. The van der Waals surface area contributed by atoms with E-state index in [1.807, 2.05) is 0 Å². The van der Waals surface area contributed by atoms with Gasteiger partial charge in [0.25, 0.3) is 0 Å². The minimum atomic E-state index is -0.880. The van der Waals surface area contributed by atoms with Gasteiger partial charge in [0.05, 0.1) is 24.2 Å². The Bertz CT molecular complexity index is 745. The number of amidine groups is 1. The average molecular weight is 312 g/mol. The van der Waals surface area contributed by atoms with E-state index >= 15 is 0 Å². The molecule has 2 heterocycles. The molecular weight excluding hydrogens is 296 g/mol. The molecule has 1 saturated heterocycles. The van der Waals surface area contributed by atoms with E-state index in [4.69, 9.17) is 20.0 Å². The van der Waals surface area contributed by atoms with Gasteiger partial charge < -0.3 is 19.5 Å². The predicted molar refractivity (Wildman–Crippen MR) is 80.3 cm³/mol. The second-order valence-corrected chi connectivity index (χ2v) is 6.00. The first-order valence-corrected chi connectivity index (χ1v) is 7.25. The quantitative estimate of drug-likeness (QED) is 0.784. The largest absolute Gasteiger partial charge is 0.485 e. The molecule has 23 heavy (non-hydrogen) atoms. The van der Waals surface area contributed by atoms with Crippen molar-refractivity contribution in [3.05, 3.63) is 29.3 Å². The van der Waals surface area contributed by atoms with Crippen LogP contribution in [0.4, 0.5) is 0 Å². The van der Waals surface area contributed by atoms with Crippen molar-refractivity contribution < 1.29 is 14.6 Å². The molecule has 1 fully saturated rings. The number of nitriles is 2. The highest BCUT2D eigenvalue weighted by atomic mass is 16.5. The highest BCUT2D eigenvalue weighted by Crippen LogP contribution is 2.43. The SMILES string of the molecule is CC1(C)Oc2ccc(C#N)cc2[C@H](N2CCOC2=NC#N)[C@H]1O. The van der Waals surface area contributed by atoms with Crippen LogP contribution < -0.4 is 4.74 Å². The normalized spacial score (nSPS) is 26.7. The van der Waals surface area contributed by atoms with Crippen LogP contribution in [-0.4, -0.2) is 40.9 Å². The van der Waals surface area contributed by atoms with E-state index in [-0.39, 0.29) is 6.02 Å². The minimum Gasteiger partial charge on any atom is -0.485 e. The van der Waals surface area contributed by atoms with E-state index in [0.717, 1.165) is 0 Å². The number of fused-ring (bicyclic) bond motifs is 1. The van der Waals surface area contributed by atoms with E-state index in [9.17, 15) is 5.11 Å². The smallest absolute Gasteiger partial charge is 0.303 e. The number of aliphatic hydroxyl groups is 1. The number of hydrogen-bond acceptors (Lipinski definition) is 6. The highest BCUT2D eigenvalue weighted by Gasteiger charge is 2.47. The first-order valence-electron chi connectivity index (χ1n) is 7.25. The zero-order valence-electron chi connectivity index (χ0n) is 12.9. The Hall–Kier alpha value is -2.77. The Labute approximate surface area is 134 Å². The van der Waals surface area contributed by atoms with Crippen molar-refractivity contribution in [2.24, 2.45) is 4.99 Å². The summed E-state index contributed by atoms with van der Waals surface area (Å²) in [5.74, 6) is 0.604. The molecule has 0 amide bonds. The maximum absolute atomic E-state index is 10.8. The Balaban J connectivity index is 2.13. The average Bonchev–Trinajstić information content (AvgIpc) is 2.96. The number of aliphatic hydroxyl groups excluding tert-OH is 1. The van der Waals surface area contributed by atoms with Gasteiger partial charge in [-0.15, -0.1) is 4.99 Å². The van der Waals surface area contributed by atoms with Crippen LogP contribution in [0.5, 0.6) is 5.75 Å². The first-order chi connectivity index (χ1) is 11.0.